The number of hydrogen-bond acceptors (Lipinski definition) is 2. The van der Waals surface area contributed by atoms with Gasteiger partial charge in [0.15, 0.2) is 5.78 Å². The molecule has 0 spiro atoms. The minimum Gasteiger partial charge on any atom is -0.334 e. The van der Waals surface area contributed by atoms with Crippen molar-refractivity contribution < 1.29 is 4.79 Å². The molecule has 17 heavy (non-hydrogen) atoms. The summed E-state index contributed by atoms with van der Waals surface area (Å²) < 4.78 is 1.95. The zero-order valence-electron chi connectivity index (χ0n) is 9.49. The molecule has 0 saturated carbocycles. The molecule has 86 valence electrons. The zero-order valence-corrected chi connectivity index (χ0v) is 9.49. The number of carbonyl (C=O) groups is 1. The van der Waals surface area contributed by atoms with E-state index in [2.05, 4.69) is 4.98 Å². The monoisotopic (exact) mass is 226 g/mol. The van der Waals surface area contributed by atoms with Crippen LogP contribution in [0, 0.1) is 0 Å². The molecule has 0 radical (unpaired) electrons. The molecule has 0 aliphatic rings. The van der Waals surface area contributed by atoms with E-state index in [0.717, 1.165) is 12.1 Å². The first-order chi connectivity index (χ1) is 8.36. The number of imidazole rings is 1. The van der Waals surface area contributed by atoms with Crippen LogP contribution in [0.4, 0.5) is 0 Å². The molecule has 1 aromatic carbocycles. The van der Waals surface area contributed by atoms with Crippen molar-refractivity contribution in [1.82, 2.24) is 9.55 Å². The third-order valence-corrected chi connectivity index (χ3v) is 2.44. The van der Waals surface area contributed by atoms with Crippen LogP contribution in [-0.2, 0) is 6.54 Å². The van der Waals surface area contributed by atoms with E-state index < -0.39 is 0 Å². The summed E-state index contributed by atoms with van der Waals surface area (Å²) in [5.74, 6) is 0.146. The van der Waals surface area contributed by atoms with E-state index in [1.807, 2.05) is 53.2 Å². The Balaban J connectivity index is 1.82. The van der Waals surface area contributed by atoms with E-state index in [4.69, 9.17) is 0 Å². The molecule has 2 aromatic rings. The summed E-state index contributed by atoms with van der Waals surface area (Å²) >= 11 is 0. The Labute approximate surface area is 100 Å². The molecule has 2 rings (SSSR count). The highest BCUT2D eigenvalue weighted by Gasteiger charge is 2.00. The molecule has 1 aromatic heterocycles. The number of allylic oxidation sites excluding steroid dienone is 2. The van der Waals surface area contributed by atoms with Gasteiger partial charge in [0.1, 0.15) is 0 Å². The Morgan fingerprint density at radius 3 is 2.76 bits per heavy atom. The van der Waals surface area contributed by atoms with E-state index in [-0.39, 0.29) is 5.78 Å². The number of hydrogen-bond donors (Lipinski definition) is 0. The lowest BCUT2D eigenvalue weighted by molar-refractivity contribution is 0.0995. The second-order valence-electron chi connectivity index (χ2n) is 3.72. The number of rotatable bonds is 5. The normalized spacial score (nSPS) is 10.8. The molecule has 0 N–H and O–H groups in total. The van der Waals surface area contributed by atoms with Crippen LogP contribution in [0.1, 0.15) is 16.8 Å². The van der Waals surface area contributed by atoms with Gasteiger partial charge in [-0.15, -0.1) is 0 Å². The first-order valence-electron chi connectivity index (χ1n) is 5.55. The molecule has 0 atom stereocenters. The van der Waals surface area contributed by atoms with Crippen molar-refractivity contribution in [2.24, 2.45) is 0 Å². The molecule has 0 unspecified atom stereocenters. The Morgan fingerprint density at radius 2 is 2.06 bits per heavy atom. The van der Waals surface area contributed by atoms with Crippen molar-refractivity contribution >= 4 is 5.78 Å². The molecule has 3 nitrogen and oxygen atoms in total. The van der Waals surface area contributed by atoms with Crippen LogP contribution < -0.4 is 0 Å². The zero-order chi connectivity index (χ0) is 11.9. The second kappa shape index (κ2) is 5.80. The van der Waals surface area contributed by atoms with Gasteiger partial charge in [0.05, 0.1) is 6.33 Å². The molecule has 0 saturated heterocycles. The van der Waals surface area contributed by atoms with Crippen molar-refractivity contribution in [2.75, 3.05) is 0 Å². The quantitative estimate of drug-likeness (QED) is 0.580. The number of Topliss-reactive ketones (excluding diaryl/α,β-unsaturated/α-hetero) is 1. The number of aromatic nitrogens is 2. The van der Waals surface area contributed by atoms with Crippen molar-refractivity contribution in [1.29, 1.82) is 0 Å². The van der Waals surface area contributed by atoms with Gasteiger partial charge in [0.2, 0.25) is 0 Å². The maximum absolute atomic E-state index is 11.7. The summed E-state index contributed by atoms with van der Waals surface area (Å²) in [6, 6.07) is 9.34. The highest BCUT2D eigenvalue weighted by Crippen LogP contribution is 2.03. The predicted octanol–water partition coefficient (Wildman–Crippen LogP) is 2.71. The topological polar surface area (TPSA) is 34.9 Å². The Kier molecular flexibility index (Phi) is 3.86. The lowest BCUT2D eigenvalue weighted by Crippen LogP contribution is -1.96. The average molecular weight is 226 g/mol. The standard InChI is InChI=1S/C14H14N2O/c17-14(13-6-2-1-3-7-13)8-4-5-10-16-11-9-15-12-16/h1-7,9,11-12H,8,10H2/b5-4+. The summed E-state index contributed by atoms with van der Waals surface area (Å²) in [5, 5.41) is 0. The predicted molar refractivity (Wildman–Crippen MR) is 66.8 cm³/mol. The maximum Gasteiger partial charge on any atom is 0.166 e. The summed E-state index contributed by atoms with van der Waals surface area (Å²) in [4.78, 5) is 15.7. The van der Waals surface area contributed by atoms with Crippen molar-refractivity contribution in [3.63, 3.8) is 0 Å². The van der Waals surface area contributed by atoms with E-state index in [1.165, 1.54) is 0 Å². The van der Waals surface area contributed by atoms with Crippen molar-refractivity contribution in [3.8, 4) is 0 Å². The summed E-state index contributed by atoms with van der Waals surface area (Å²) in [5.41, 5.74) is 0.764. The molecule has 0 aliphatic carbocycles. The van der Waals surface area contributed by atoms with Crippen LogP contribution in [0.15, 0.2) is 61.2 Å². The van der Waals surface area contributed by atoms with Gasteiger partial charge in [-0.25, -0.2) is 4.98 Å². The average Bonchev–Trinajstić information content (AvgIpc) is 2.88. The van der Waals surface area contributed by atoms with Crippen LogP contribution in [0.2, 0.25) is 0 Å². The third kappa shape index (κ3) is 3.41. The Morgan fingerprint density at radius 1 is 1.24 bits per heavy atom. The summed E-state index contributed by atoms with van der Waals surface area (Å²) in [6.07, 6.45) is 9.70. The van der Waals surface area contributed by atoms with Crippen LogP contribution in [0.3, 0.4) is 0 Å². The molecular formula is C14H14N2O. The Bertz CT molecular complexity index is 486. The van der Waals surface area contributed by atoms with Gasteiger partial charge in [-0.1, -0.05) is 42.5 Å². The molecule has 0 bridgehead atoms. The Hall–Kier alpha value is -2.16. The van der Waals surface area contributed by atoms with Gasteiger partial charge in [-0.3, -0.25) is 4.79 Å². The maximum atomic E-state index is 11.7. The molecular weight excluding hydrogens is 212 g/mol. The van der Waals surface area contributed by atoms with E-state index in [0.29, 0.717) is 6.42 Å². The fraction of sp³-hybridized carbons (Fsp3) is 0.143. The van der Waals surface area contributed by atoms with Crippen LogP contribution in [0.5, 0.6) is 0 Å². The highest BCUT2D eigenvalue weighted by molar-refractivity contribution is 5.96. The van der Waals surface area contributed by atoms with Crippen LogP contribution >= 0.6 is 0 Å². The number of benzene rings is 1. The lowest BCUT2D eigenvalue weighted by Gasteiger charge is -1.97. The molecule has 0 fully saturated rings. The third-order valence-electron chi connectivity index (χ3n) is 2.44. The molecule has 0 aliphatic heterocycles. The SMILES string of the molecule is O=C(C/C=C/Cn1ccnc1)c1ccccc1. The van der Waals surface area contributed by atoms with Gasteiger partial charge in [-0.05, 0) is 0 Å². The molecule has 1 heterocycles. The summed E-state index contributed by atoms with van der Waals surface area (Å²) in [6.45, 7) is 0.752. The smallest absolute Gasteiger partial charge is 0.166 e. The minimum absolute atomic E-state index is 0.146. The molecule has 0 amide bonds. The fourth-order valence-corrected chi connectivity index (χ4v) is 1.52. The van der Waals surface area contributed by atoms with E-state index in [9.17, 15) is 4.79 Å². The second-order valence-corrected chi connectivity index (χ2v) is 3.72. The van der Waals surface area contributed by atoms with Gasteiger partial charge in [0, 0.05) is 30.9 Å². The number of nitrogens with zero attached hydrogens (tertiary/aromatic N) is 2. The lowest BCUT2D eigenvalue weighted by atomic mass is 10.1. The fourth-order valence-electron chi connectivity index (χ4n) is 1.52. The van der Waals surface area contributed by atoms with Crippen molar-refractivity contribution in [2.45, 2.75) is 13.0 Å². The summed E-state index contributed by atoms with van der Waals surface area (Å²) in [7, 11) is 0. The first-order valence-corrected chi connectivity index (χ1v) is 5.55. The van der Waals surface area contributed by atoms with Gasteiger partial charge < -0.3 is 4.57 Å². The first kappa shape index (κ1) is 11.3. The minimum atomic E-state index is 0.146. The van der Waals surface area contributed by atoms with Gasteiger partial charge in [0.25, 0.3) is 0 Å². The van der Waals surface area contributed by atoms with E-state index in [1.54, 1.807) is 12.5 Å². The van der Waals surface area contributed by atoms with Gasteiger partial charge in [-0.2, -0.15) is 0 Å². The van der Waals surface area contributed by atoms with Crippen LogP contribution in [-0.4, -0.2) is 15.3 Å². The van der Waals surface area contributed by atoms with Crippen molar-refractivity contribution in [3.05, 3.63) is 66.8 Å². The highest BCUT2D eigenvalue weighted by atomic mass is 16.1. The van der Waals surface area contributed by atoms with E-state index >= 15 is 0 Å². The largest absolute Gasteiger partial charge is 0.334 e. The van der Waals surface area contributed by atoms with Gasteiger partial charge >= 0.3 is 0 Å². The number of ketones is 1. The molecule has 3 heteroatoms. The van der Waals surface area contributed by atoms with Crippen LogP contribution in [0.25, 0.3) is 0 Å². The number of carbonyl (C=O) groups excluding carboxylic acids is 1.